The fourth-order valence-corrected chi connectivity index (χ4v) is 5.56. The number of aryl methyl sites for hydroxylation is 1. The number of ether oxygens (including phenoxy) is 2. The minimum atomic E-state index is -0.265. The molecule has 0 aliphatic carbocycles. The molecular formula is C34H40N6O4. The predicted octanol–water partition coefficient (Wildman–Crippen LogP) is 4.88. The lowest BCUT2D eigenvalue weighted by Crippen LogP contribution is -2.39. The number of aromatic nitrogens is 3. The second-order valence-electron chi connectivity index (χ2n) is 10.8. The van der Waals surface area contributed by atoms with Gasteiger partial charge in [-0.25, -0.2) is 9.67 Å². The third kappa shape index (κ3) is 7.08. The number of fused-ring (bicyclic) bond motifs is 1. The van der Waals surface area contributed by atoms with Crippen LogP contribution in [0, 0.1) is 6.92 Å². The van der Waals surface area contributed by atoms with Crippen molar-refractivity contribution in [3.05, 3.63) is 95.6 Å². The van der Waals surface area contributed by atoms with Crippen molar-refractivity contribution in [3.8, 4) is 17.2 Å². The van der Waals surface area contributed by atoms with Crippen LogP contribution in [0.4, 0.5) is 5.69 Å². The van der Waals surface area contributed by atoms with E-state index < -0.39 is 0 Å². The van der Waals surface area contributed by atoms with E-state index in [4.69, 9.17) is 9.47 Å². The number of amides is 2. The average molecular weight is 597 g/mol. The van der Waals surface area contributed by atoms with Crippen LogP contribution in [0.5, 0.6) is 11.5 Å². The summed E-state index contributed by atoms with van der Waals surface area (Å²) in [6.45, 7) is 9.38. The van der Waals surface area contributed by atoms with Gasteiger partial charge in [0.25, 0.3) is 5.91 Å². The first-order chi connectivity index (χ1) is 21.4. The lowest BCUT2D eigenvalue weighted by Gasteiger charge is -2.27. The van der Waals surface area contributed by atoms with Gasteiger partial charge in [-0.2, -0.15) is 0 Å². The zero-order valence-corrected chi connectivity index (χ0v) is 25.9. The Bertz CT molecular complexity index is 1580. The molecule has 1 aliphatic heterocycles. The van der Waals surface area contributed by atoms with Crippen LogP contribution >= 0.6 is 0 Å². The van der Waals surface area contributed by atoms with Crippen molar-refractivity contribution in [2.75, 3.05) is 44.8 Å². The molecule has 2 heterocycles. The van der Waals surface area contributed by atoms with E-state index in [1.165, 1.54) is 0 Å². The molecule has 0 spiro atoms. The topological polar surface area (TPSA) is 93.0 Å². The highest BCUT2D eigenvalue weighted by molar-refractivity contribution is 5.93. The van der Waals surface area contributed by atoms with Crippen LogP contribution in [0.3, 0.4) is 0 Å². The molecule has 0 fully saturated rings. The van der Waals surface area contributed by atoms with Gasteiger partial charge >= 0.3 is 0 Å². The Balaban J connectivity index is 1.47. The first kappa shape index (κ1) is 30.7. The fraction of sp³-hybridized carbons (Fsp3) is 0.353. The molecule has 0 saturated carbocycles. The number of benzene rings is 3. The summed E-state index contributed by atoms with van der Waals surface area (Å²) >= 11 is 0. The zero-order valence-electron chi connectivity index (χ0n) is 25.9. The lowest BCUT2D eigenvalue weighted by atomic mass is 10.1. The van der Waals surface area contributed by atoms with Crippen molar-refractivity contribution in [1.29, 1.82) is 0 Å². The van der Waals surface area contributed by atoms with Crippen LogP contribution < -0.4 is 14.4 Å². The Morgan fingerprint density at radius 2 is 1.66 bits per heavy atom. The molecule has 5 rings (SSSR count). The van der Waals surface area contributed by atoms with Gasteiger partial charge in [-0.05, 0) is 62.2 Å². The molecule has 0 radical (unpaired) electrons. The maximum Gasteiger partial charge on any atom is 0.293 e. The molecule has 0 N–H and O–H groups in total. The summed E-state index contributed by atoms with van der Waals surface area (Å²) in [5, 5.41) is 4.62. The second-order valence-corrected chi connectivity index (χ2v) is 10.8. The first-order valence-corrected chi connectivity index (χ1v) is 15.0. The number of carbonyl (C=O) groups is 2. The highest BCUT2D eigenvalue weighted by atomic mass is 16.5. The van der Waals surface area contributed by atoms with Crippen molar-refractivity contribution >= 4 is 17.5 Å². The average Bonchev–Trinajstić information content (AvgIpc) is 3.41. The fourth-order valence-electron chi connectivity index (χ4n) is 5.56. The minimum absolute atomic E-state index is 0.0293. The summed E-state index contributed by atoms with van der Waals surface area (Å²) in [5.41, 5.74) is 3.59. The molecule has 0 unspecified atom stereocenters. The van der Waals surface area contributed by atoms with Gasteiger partial charge in [-0.1, -0.05) is 36.4 Å². The van der Waals surface area contributed by atoms with E-state index in [9.17, 15) is 9.59 Å². The third-order valence-corrected chi connectivity index (χ3v) is 7.80. The number of hydrogen-bond acceptors (Lipinski definition) is 7. The molecule has 3 aromatic carbocycles. The Morgan fingerprint density at radius 3 is 2.41 bits per heavy atom. The number of methoxy groups -OCH3 is 1. The first-order valence-electron chi connectivity index (χ1n) is 15.0. The minimum Gasteiger partial charge on any atom is -0.497 e. The Hall–Kier alpha value is -4.70. The lowest BCUT2D eigenvalue weighted by molar-refractivity contribution is -0.116. The molecule has 44 heavy (non-hydrogen) atoms. The second kappa shape index (κ2) is 14.2. The summed E-state index contributed by atoms with van der Waals surface area (Å²) in [4.78, 5) is 37.5. The van der Waals surface area contributed by atoms with Crippen molar-refractivity contribution in [3.63, 3.8) is 0 Å². The van der Waals surface area contributed by atoms with Crippen molar-refractivity contribution < 1.29 is 19.1 Å². The Labute approximate surface area is 258 Å². The van der Waals surface area contributed by atoms with Gasteiger partial charge in [0.05, 0.1) is 19.4 Å². The van der Waals surface area contributed by atoms with Crippen LogP contribution in [-0.4, -0.2) is 76.3 Å². The maximum atomic E-state index is 14.1. The van der Waals surface area contributed by atoms with Gasteiger partial charge in [-0.3, -0.25) is 14.5 Å². The van der Waals surface area contributed by atoms with E-state index in [-0.39, 0.29) is 17.6 Å². The van der Waals surface area contributed by atoms with Crippen LogP contribution in [0.1, 0.15) is 47.8 Å². The number of nitrogens with zero attached hydrogens (tertiary/aromatic N) is 6. The Kier molecular flexibility index (Phi) is 9.91. The summed E-state index contributed by atoms with van der Waals surface area (Å²) in [7, 11) is 1.62. The summed E-state index contributed by atoms with van der Waals surface area (Å²) in [6, 6.07) is 23.3. The smallest absolute Gasteiger partial charge is 0.293 e. The van der Waals surface area contributed by atoms with E-state index in [0.29, 0.717) is 45.2 Å². The van der Waals surface area contributed by atoms with E-state index in [1.807, 2.05) is 85.5 Å². The van der Waals surface area contributed by atoms with Gasteiger partial charge in [0.15, 0.2) is 0 Å². The van der Waals surface area contributed by atoms with Crippen molar-refractivity contribution in [1.82, 2.24) is 24.6 Å². The van der Waals surface area contributed by atoms with Crippen LogP contribution in [0.2, 0.25) is 0 Å². The molecular weight excluding hydrogens is 556 g/mol. The summed E-state index contributed by atoms with van der Waals surface area (Å²) in [6.07, 6.45) is 0.783. The highest BCUT2D eigenvalue weighted by Gasteiger charge is 2.26. The number of rotatable bonds is 7. The monoisotopic (exact) mass is 596 g/mol. The van der Waals surface area contributed by atoms with Crippen LogP contribution in [0.15, 0.2) is 72.8 Å². The molecule has 1 aromatic heterocycles. The molecule has 1 aliphatic rings. The summed E-state index contributed by atoms with van der Waals surface area (Å²) in [5.74, 6) is 2.03. The molecule has 4 aromatic rings. The largest absolute Gasteiger partial charge is 0.497 e. The van der Waals surface area contributed by atoms with Crippen LogP contribution in [0.25, 0.3) is 5.69 Å². The normalized spacial score (nSPS) is 14.5. The van der Waals surface area contributed by atoms with E-state index >= 15 is 0 Å². The molecule has 0 saturated heterocycles. The number of carbonyl (C=O) groups excluding carboxylic acids is 2. The van der Waals surface area contributed by atoms with E-state index in [2.05, 4.69) is 21.0 Å². The predicted molar refractivity (Wildman–Crippen MR) is 169 cm³/mol. The molecule has 2 amide bonds. The third-order valence-electron chi connectivity index (χ3n) is 7.80. The van der Waals surface area contributed by atoms with E-state index in [0.717, 1.165) is 47.0 Å². The number of para-hydroxylation sites is 2. The molecule has 230 valence electrons. The standard InChI is InChI=1S/C34H40N6O4/c1-5-44-32-14-9-7-12-28(32)23-37-19-10-20-39(26(3)41)31-13-8-6-11-27(31)24-38(22-21-37)34(42)33-35-25(2)40(36-33)29-15-17-30(43-4)18-16-29/h6-9,11-18H,5,10,19-24H2,1-4H3. The van der Waals surface area contributed by atoms with Gasteiger partial charge in [0.2, 0.25) is 11.7 Å². The molecule has 0 atom stereocenters. The Morgan fingerprint density at radius 1 is 0.909 bits per heavy atom. The molecule has 10 nitrogen and oxygen atoms in total. The number of hydrogen-bond donors (Lipinski definition) is 0. The van der Waals surface area contributed by atoms with Crippen molar-refractivity contribution in [2.24, 2.45) is 0 Å². The van der Waals surface area contributed by atoms with Gasteiger partial charge < -0.3 is 19.3 Å². The SMILES string of the molecule is CCOc1ccccc1CN1CCCN(C(C)=O)c2ccccc2CN(C(=O)c2nc(C)n(-c3ccc(OC)cc3)n2)CC1. The summed E-state index contributed by atoms with van der Waals surface area (Å²) < 4.78 is 12.9. The van der Waals surface area contributed by atoms with Crippen molar-refractivity contribution in [2.45, 2.75) is 40.3 Å². The van der Waals surface area contributed by atoms with Gasteiger partial charge in [-0.15, -0.1) is 5.10 Å². The van der Waals surface area contributed by atoms with Gasteiger partial charge in [0, 0.05) is 57.4 Å². The number of anilines is 1. The quantitative estimate of drug-likeness (QED) is 0.300. The van der Waals surface area contributed by atoms with Gasteiger partial charge in [0.1, 0.15) is 17.3 Å². The highest BCUT2D eigenvalue weighted by Crippen LogP contribution is 2.26. The van der Waals surface area contributed by atoms with Crippen LogP contribution in [-0.2, 0) is 17.9 Å². The van der Waals surface area contributed by atoms with E-state index in [1.54, 1.807) is 23.6 Å². The maximum absolute atomic E-state index is 14.1. The molecule has 10 heteroatoms. The zero-order chi connectivity index (χ0) is 31.1. The molecule has 0 bridgehead atoms.